The van der Waals surface area contributed by atoms with Crippen LogP contribution in [-0.2, 0) is 6.54 Å². The molecule has 0 unspecified atom stereocenters. The van der Waals surface area contributed by atoms with Gasteiger partial charge in [-0.3, -0.25) is 0 Å². The van der Waals surface area contributed by atoms with E-state index in [0.717, 1.165) is 11.3 Å². The molecule has 0 fully saturated rings. The van der Waals surface area contributed by atoms with Gasteiger partial charge in [-0.15, -0.1) is 0 Å². The van der Waals surface area contributed by atoms with Gasteiger partial charge in [0.2, 0.25) is 0 Å². The summed E-state index contributed by atoms with van der Waals surface area (Å²) in [6.07, 6.45) is 0. The SMILES string of the molecule is N#CCOc1cccc(NCc2ccccc2O)c1. The molecule has 0 amide bonds. The average molecular weight is 254 g/mol. The van der Waals surface area contributed by atoms with Gasteiger partial charge in [0.15, 0.2) is 6.61 Å². The molecule has 0 aliphatic carbocycles. The van der Waals surface area contributed by atoms with Crippen molar-refractivity contribution in [3.05, 3.63) is 54.1 Å². The second-order valence-corrected chi connectivity index (χ2v) is 3.96. The van der Waals surface area contributed by atoms with E-state index in [0.29, 0.717) is 12.3 Å². The fraction of sp³-hybridized carbons (Fsp3) is 0.133. The first-order chi connectivity index (χ1) is 9.29. The van der Waals surface area contributed by atoms with Crippen molar-refractivity contribution in [1.29, 1.82) is 5.26 Å². The number of phenols is 1. The van der Waals surface area contributed by atoms with Gasteiger partial charge in [-0.1, -0.05) is 24.3 Å². The first-order valence-corrected chi connectivity index (χ1v) is 5.90. The zero-order valence-corrected chi connectivity index (χ0v) is 10.3. The Bertz CT molecular complexity index is 591. The number of nitrogens with one attached hydrogen (secondary N) is 1. The fourth-order valence-electron chi connectivity index (χ4n) is 1.67. The van der Waals surface area contributed by atoms with Crippen molar-refractivity contribution < 1.29 is 9.84 Å². The van der Waals surface area contributed by atoms with Gasteiger partial charge < -0.3 is 15.2 Å². The average Bonchev–Trinajstić information content (AvgIpc) is 2.45. The number of anilines is 1. The summed E-state index contributed by atoms with van der Waals surface area (Å²) >= 11 is 0. The van der Waals surface area contributed by atoms with Gasteiger partial charge in [0.25, 0.3) is 0 Å². The van der Waals surface area contributed by atoms with Crippen LogP contribution in [-0.4, -0.2) is 11.7 Å². The predicted molar refractivity (Wildman–Crippen MR) is 73.0 cm³/mol. The van der Waals surface area contributed by atoms with Crippen LogP contribution in [0.1, 0.15) is 5.56 Å². The number of nitriles is 1. The highest BCUT2D eigenvalue weighted by Gasteiger charge is 2.00. The van der Waals surface area contributed by atoms with Gasteiger partial charge in [-0.05, 0) is 18.2 Å². The summed E-state index contributed by atoms with van der Waals surface area (Å²) in [5.74, 6) is 0.913. The van der Waals surface area contributed by atoms with E-state index in [9.17, 15) is 5.11 Å². The number of hydrogen-bond acceptors (Lipinski definition) is 4. The molecule has 0 atom stereocenters. The van der Waals surface area contributed by atoms with Crippen LogP contribution in [0.15, 0.2) is 48.5 Å². The number of para-hydroxylation sites is 1. The maximum absolute atomic E-state index is 9.66. The largest absolute Gasteiger partial charge is 0.508 e. The Morgan fingerprint density at radius 2 is 2.00 bits per heavy atom. The van der Waals surface area contributed by atoms with Crippen LogP contribution in [0.2, 0.25) is 0 Å². The quantitative estimate of drug-likeness (QED) is 0.861. The Kier molecular flexibility index (Phi) is 4.25. The van der Waals surface area contributed by atoms with Crippen LogP contribution in [0, 0.1) is 11.3 Å². The second kappa shape index (κ2) is 6.31. The van der Waals surface area contributed by atoms with E-state index >= 15 is 0 Å². The Hall–Kier alpha value is -2.67. The topological polar surface area (TPSA) is 65.3 Å². The van der Waals surface area contributed by atoms with Gasteiger partial charge in [0.05, 0.1) is 0 Å². The number of aromatic hydroxyl groups is 1. The third kappa shape index (κ3) is 3.65. The molecule has 4 heteroatoms. The van der Waals surface area contributed by atoms with Crippen molar-refractivity contribution in [2.45, 2.75) is 6.54 Å². The summed E-state index contributed by atoms with van der Waals surface area (Å²) in [6, 6.07) is 16.5. The summed E-state index contributed by atoms with van der Waals surface area (Å²) in [5, 5.41) is 21.3. The zero-order chi connectivity index (χ0) is 13.5. The van der Waals surface area contributed by atoms with Gasteiger partial charge in [-0.25, -0.2) is 0 Å². The molecule has 2 rings (SSSR count). The molecule has 0 radical (unpaired) electrons. The highest BCUT2D eigenvalue weighted by atomic mass is 16.5. The van der Waals surface area contributed by atoms with Gasteiger partial charge in [0.1, 0.15) is 17.6 Å². The van der Waals surface area contributed by atoms with Crippen LogP contribution in [0.4, 0.5) is 5.69 Å². The minimum atomic E-state index is 0.0307. The normalized spacial score (nSPS) is 9.63. The first-order valence-electron chi connectivity index (χ1n) is 5.90. The Balaban J connectivity index is 2.00. The number of nitrogens with zero attached hydrogens (tertiary/aromatic N) is 1. The molecule has 4 nitrogen and oxygen atoms in total. The van der Waals surface area contributed by atoms with E-state index in [4.69, 9.17) is 10.00 Å². The zero-order valence-electron chi connectivity index (χ0n) is 10.3. The van der Waals surface area contributed by atoms with E-state index in [2.05, 4.69) is 5.32 Å². The minimum absolute atomic E-state index is 0.0307. The third-order valence-corrected chi connectivity index (χ3v) is 2.61. The van der Waals surface area contributed by atoms with Crippen molar-refractivity contribution in [3.63, 3.8) is 0 Å². The molecule has 19 heavy (non-hydrogen) atoms. The summed E-state index contributed by atoms with van der Waals surface area (Å²) in [5.41, 5.74) is 1.70. The highest BCUT2D eigenvalue weighted by molar-refractivity contribution is 5.49. The minimum Gasteiger partial charge on any atom is -0.508 e. The highest BCUT2D eigenvalue weighted by Crippen LogP contribution is 2.20. The molecule has 96 valence electrons. The molecule has 0 heterocycles. The maximum atomic E-state index is 9.66. The molecule has 0 spiro atoms. The molecule has 0 aliphatic heterocycles. The Morgan fingerprint density at radius 3 is 2.79 bits per heavy atom. The number of benzene rings is 2. The van der Waals surface area contributed by atoms with E-state index in [1.807, 2.05) is 36.4 Å². The molecule has 2 N–H and O–H groups in total. The smallest absolute Gasteiger partial charge is 0.174 e. The molecule has 2 aromatic rings. The van der Waals surface area contributed by atoms with Crippen molar-refractivity contribution in [3.8, 4) is 17.6 Å². The summed E-state index contributed by atoms with van der Waals surface area (Å²) < 4.78 is 5.22. The first kappa shape index (κ1) is 12.8. The van der Waals surface area contributed by atoms with Crippen LogP contribution < -0.4 is 10.1 Å². The number of phenolic OH excluding ortho intramolecular Hbond substituents is 1. The van der Waals surface area contributed by atoms with Crippen molar-refractivity contribution in [2.75, 3.05) is 11.9 Å². The monoisotopic (exact) mass is 254 g/mol. The number of ether oxygens (including phenoxy) is 1. The Morgan fingerprint density at radius 1 is 1.16 bits per heavy atom. The second-order valence-electron chi connectivity index (χ2n) is 3.96. The molecule has 2 aromatic carbocycles. The van der Waals surface area contributed by atoms with Crippen LogP contribution in [0.25, 0.3) is 0 Å². The van der Waals surface area contributed by atoms with Crippen LogP contribution >= 0.6 is 0 Å². The van der Waals surface area contributed by atoms with Gasteiger partial charge in [0, 0.05) is 23.9 Å². The fourth-order valence-corrected chi connectivity index (χ4v) is 1.67. The number of hydrogen-bond donors (Lipinski definition) is 2. The van der Waals surface area contributed by atoms with Crippen LogP contribution in [0.5, 0.6) is 11.5 Å². The third-order valence-electron chi connectivity index (χ3n) is 2.61. The van der Waals surface area contributed by atoms with Crippen molar-refractivity contribution in [1.82, 2.24) is 0 Å². The van der Waals surface area contributed by atoms with E-state index in [1.54, 1.807) is 18.2 Å². The Labute approximate surface area is 111 Å². The maximum Gasteiger partial charge on any atom is 0.174 e. The summed E-state index contributed by atoms with van der Waals surface area (Å²) in [4.78, 5) is 0. The predicted octanol–water partition coefficient (Wildman–Crippen LogP) is 2.91. The van der Waals surface area contributed by atoms with E-state index in [-0.39, 0.29) is 12.4 Å². The molecule has 0 aromatic heterocycles. The molecular formula is C15H14N2O2. The standard InChI is InChI=1S/C15H14N2O2/c16-8-9-19-14-6-3-5-13(10-14)17-11-12-4-1-2-7-15(12)18/h1-7,10,17-18H,9,11H2. The van der Waals surface area contributed by atoms with Crippen molar-refractivity contribution in [2.24, 2.45) is 0 Å². The summed E-state index contributed by atoms with van der Waals surface area (Å²) in [6.45, 7) is 0.553. The number of rotatable bonds is 5. The molecule has 0 saturated carbocycles. The lowest BCUT2D eigenvalue weighted by molar-refractivity contribution is 0.368. The summed E-state index contributed by atoms with van der Waals surface area (Å²) in [7, 11) is 0. The molecule has 0 aliphatic rings. The molecule has 0 bridgehead atoms. The lowest BCUT2D eigenvalue weighted by Gasteiger charge is -2.09. The lowest BCUT2D eigenvalue weighted by Crippen LogP contribution is -2.00. The van der Waals surface area contributed by atoms with Crippen LogP contribution in [0.3, 0.4) is 0 Å². The lowest BCUT2D eigenvalue weighted by atomic mass is 10.2. The van der Waals surface area contributed by atoms with Crippen molar-refractivity contribution >= 4 is 5.69 Å². The molecule has 0 saturated heterocycles. The molecular weight excluding hydrogens is 240 g/mol. The van der Waals surface area contributed by atoms with Gasteiger partial charge >= 0.3 is 0 Å². The van der Waals surface area contributed by atoms with E-state index in [1.165, 1.54) is 0 Å². The van der Waals surface area contributed by atoms with E-state index < -0.39 is 0 Å². The van der Waals surface area contributed by atoms with Gasteiger partial charge in [-0.2, -0.15) is 5.26 Å².